The van der Waals surface area contributed by atoms with Gasteiger partial charge in [0.25, 0.3) is 0 Å². The summed E-state index contributed by atoms with van der Waals surface area (Å²) in [5, 5.41) is 0. The summed E-state index contributed by atoms with van der Waals surface area (Å²) in [5.41, 5.74) is 0.879. The molecule has 7 nitrogen and oxygen atoms in total. The Labute approximate surface area is 135 Å². The number of aryl methyl sites for hydroxylation is 1. The Morgan fingerprint density at radius 2 is 2.26 bits per heavy atom. The number of aromatic amines is 1. The predicted molar refractivity (Wildman–Crippen MR) is 83.8 cm³/mol. The third-order valence-electron chi connectivity index (χ3n) is 3.77. The molecule has 0 aliphatic carbocycles. The molecule has 1 aliphatic rings. The van der Waals surface area contributed by atoms with Crippen LogP contribution < -0.4 is 4.74 Å². The third kappa shape index (κ3) is 3.10. The van der Waals surface area contributed by atoms with Gasteiger partial charge in [0.05, 0.1) is 25.2 Å². The Morgan fingerprint density at radius 3 is 2.96 bits per heavy atom. The molecule has 124 valence electrons. The molecule has 1 N–H and O–H groups in total. The van der Waals surface area contributed by atoms with Crippen LogP contribution in [-0.2, 0) is 14.8 Å². The van der Waals surface area contributed by atoms with Gasteiger partial charge in [-0.15, -0.1) is 0 Å². The topological polar surface area (TPSA) is 84.5 Å². The third-order valence-corrected chi connectivity index (χ3v) is 5.67. The fraction of sp³-hybridized carbons (Fsp3) is 0.400. The fourth-order valence-electron chi connectivity index (χ4n) is 2.59. The van der Waals surface area contributed by atoms with Gasteiger partial charge >= 0.3 is 0 Å². The van der Waals surface area contributed by atoms with Crippen molar-refractivity contribution in [1.82, 2.24) is 14.3 Å². The Balaban J connectivity index is 1.98. The lowest BCUT2D eigenvalue weighted by Crippen LogP contribution is -2.43. The maximum absolute atomic E-state index is 13.0. The quantitative estimate of drug-likeness (QED) is 0.914. The number of benzene rings is 1. The van der Waals surface area contributed by atoms with E-state index in [-0.39, 0.29) is 18.0 Å². The Hall–Kier alpha value is -1.90. The van der Waals surface area contributed by atoms with Crippen molar-refractivity contribution < 1.29 is 17.9 Å². The average Bonchev–Trinajstić information content (AvgIpc) is 3.01. The lowest BCUT2D eigenvalue weighted by atomic mass is 10.2. The smallest absolute Gasteiger partial charge is 0.244 e. The van der Waals surface area contributed by atoms with Crippen LogP contribution in [0.2, 0.25) is 0 Å². The monoisotopic (exact) mass is 337 g/mol. The zero-order valence-corrected chi connectivity index (χ0v) is 13.8. The van der Waals surface area contributed by atoms with Crippen molar-refractivity contribution >= 4 is 10.0 Å². The van der Waals surface area contributed by atoms with Crippen molar-refractivity contribution in [1.29, 1.82) is 0 Å². The maximum Gasteiger partial charge on any atom is 0.244 e. The summed E-state index contributed by atoms with van der Waals surface area (Å²) in [6.45, 7) is 2.79. The second kappa shape index (κ2) is 6.31. The zero-order chi connectivity index (χ0) is 16.4. The van der Waals surface area contributed by atoms with E-state index in [0.29, 0.717) is 18.2 Å². The molecule has 1 saturated heterocycles. The van der Waals surface area contributed by atoms with E-state index in [1.165, 1.54) is 17.5 Å². The molecule has 1 aliphatic heterocycles. The van der Waals surface area contributed by atoms with Gasteiger partial charge in [0, 0.05) is 24.5 Å². The Kier molecular flexibility index (Phi) is 4.38. The minimum absolute atomic E-state index is 0.201. The largest absolute Gasteiger partial charge is 0.497 e. The van der Waals surface area contributed by atoms with Gasteiger partial charge in [0.2, 0.25) is 10.0 Å². The summed E-state index contributed by atoms with van der Waals surface area (Å²) < 4.78 is 38.1. The van der Waals surface area contributed by atoms with E-state index < -0.39 is 16.1 Å². The van der Waals surface area contributed by atoms with Crippen LogP contribution in [0.4, 0.5) is 0 Å². The number of ether oxygens (including phenoxy) is 2. The number of morpholine rings is 1. The Morgan fingerprint density at radius 1 is 1.43 bits per heavy atom. The minimum Gasteiger partial charge on any atom is -0.497 e. The highest BCUT2D eigenvalue weighted by Crippen LogP contribution is 2.30. The van der Waals surface area contributed by atoms with Crippen molar-refractivity contribution in [2.24, 2.45) is 0 Å². The second-order valence-electron chi connectivity index (χ2n) is 5.34. The molecule has 0 spiro atoms. The van der Waals surface area contributed by atoms with Gasteiger partial charge in [-0.3, -0.25) is 0 Å². The predicted octanol–water partition coefficient (Wildman–Crippen LogP) is 1.49. The van der Waals surface area contributed by atoms with Crippen LogP contribution in [-0.4, -0.2) is 49.6 Å². The summed E-state index contributed by atoms with van der Waals surface area (Å²) >= 11 is 0. The van der Waals surface area contributed by atoms with Gasteiger partial charge in [-0.1, -0.05) is 6.07 Å². The molecule has 0 bridgehead atoms. The van der Waals surface area contributed by atoms with Crippen molar-refractivity contribution in [3.05, 3.63) is 42.0 Å². The zero-order valence-electron chi connectivity index (χ0n) is 13.0. The van der Waals surface area contributed by atoms with Crippen LogP contribution in [0.3, 0.4) is 0 Å². The van der Waals surface area contributed by atoms with E-state index in [1.54, 1.807) is 24.4 Å². The van der Waals surface area contributed by atoms with E-state index >= 15 is 0 Å². The molecule has 0 radical (unpaired) electrons. The van der Waals surface area contributed by atoms with Crippen LogP contribution in [0.5, 0.6) is 5.75 Å². The highest BCUT2D eigenvalue weighted by Gasteiger charge is 2.36. The molecule has 0 saturated carbocycles. The van der Waals surface area contributed by atoms with E-state index in [2.05, 4.69) is 9.97 Å². The van der Waals surface area contributed by atoms with Gasteiger partial charge in [-0.2, -0.15) is 4.31 Å². The first-order valence-corrected chi connectivity index (χ1v) is 8.71. The van der Waals surface area contributed by atoms with E-state index in [9.17, 15) is 8.42 Å². The standard InChI is InChI=1S/C15H19N3O4S/c1-11-9-16-15(17-11)14-10-22-7-6-18(14)23(19,20)13-5-3-4-12(8-13)21-2/h3-5,8-9,14H,6-7,10H2,1-2H3,(H,16,17)/t14-/m0/s1. The first-order valence-electron chi connectivity index (χ1n) is 7.27. The lowest BCUT2D eigenvalue weighted by molar-refractivity contribution is 0.0292. The SMILES string of the molecule is COc1cccc(S(=O)(=O)N2CCOC[C@H]2c2ncc(C)[nH]2)c1. The molecule has 1 fully saturated rings. The second-order valence-corrected chi connectivity index (χ2v) is 7.23. The summed E-state index contributed by atoms with van der Waals surface area (Å²) in [6.07, 6.45) is 1.68. The first-order chi connectivity index (χ1) is 11.0. The summed E-state index contributed by atoms with van der Waals surface area (Å²) in [7, 11) is -2.16. The molecule has 0 unspecified atom stereocenters. The number of H-pyrrole nitrogens is 1. The van der Waals surface area contributed by atoms with Crippen LogP contribution in [0, 0.1) is 6.92 Å². The van der Waals surface area contributed by atoms with E-state index in [1.807, 2.05) is 6.92 Å². The van der Waals surface area contributed by atoms with Gasteiger partial charge in [-0.05, 0) is 19.1 Å². The number of hydrogen-bond acceptors (Lipinski definition) is 5. The molecule has 0 amide bonds. The highest BCUT2D eigenvalue weighted by atomic mass is 32.2. The molecular formula is C15H19N3O4S. The van der Waals surface area contributed by atoms with Gasteiger partial charge < -0.3 is 14.5 Å². The normalized spacial score (nSPS) is 19.7. The van der Waals surface area contributed by atoms with Gasteiger partial charge in [0.1, 0.15) is 17.6 Å². The first kappa shape index (κ1) is 16.0. The number of methoxy groups -OCH3 is 1. The van der Waals surface area contributed by atoms with E-state index in [4.69, 9.17) is 9.47 Å². The average molecular weight is 337 g/mol. The molecule has 8 heteroatoms. The molecule has 2 heterocycles. The van der Waals surface area contributed by atoms with Crippen molar-refractivity contribution in [2.75, 3.05) is 26.9 Å². The number of hydrogen-bond donors (Lipinski definition) is 1. The van der Waals surface area contributed by atoms with Crippen LogP contribution >= 0.6 is 0 Å². The lowest BCUT2D eigenvalue weighted by Gasteiger charge is -2.33. The van der Waals surface area contributed by atoms with Crippen LogP contribution in [0.1, 0.15) is 17.6 Å². The highest BCUT2D eigenvalue weighted by molar-refractivity contribution is 7.89. The number of rotatable bonds is 4. The maximum atomic E-state index is 13.0. The van der Waals surface area contributed by atoms with Crippen molar-refractivity contribution in [2.45, 2.75) is 17.9 Å². The molecule has 1 aromatic carbocycles. The van der Waals surface area contributed by atoms with E-state index in [0.717, 1.165) is 5.69 Å². The molecule has 1 atom stereocenters. The number of aromatic nitrogens is 2. The molecular weight excluding hydrogens is 318 g/mol. The van der Waals surface area contributed by atoms with Crippen LogP contribution in [0.25, 0.3) is 0 Å². The molecule has 2 aromatic rings. The van der Waals surface area contributed by atoms with Gasteiger partial charge in [-0.25, -0.2) is 13.4 Å². The molecule has 23 heavy (non-hydrogen) atoms. The summed E-state index contributed by atoms with van der Waals surface area (Å²) in [4.78, 5) is 7.57. The number of nitrogens with one attached hydrogen (secondary N) is 1. The van der Waals surface area contributed by atoms with Crippen molar-refractivity contribution in [3.63, 3.8) is 0 Å². The number of sulfonamides is 1. The number of nitrogens with zero attached hydrogens (tertiary/aromatic N) is 2. The Bertz CT molecular complexity index is 788. The fourth-order valence-corrected chi connectivity index (χ4v) is 4.19. The van der Waals surface area contributed by atoms with Crippen molar-refractivity contribution in [3.8, 4) is 5.75 Å². The number of imidazole rings is 1. The summed E-state index contributed by atoms with van der Waals surface area (Å²) in [6, 6.07) is 6.00. The molecule has 3 rings (SSSR count). The van der Waals surface area contributed by atoms with Gasteiger partial charge in [0.15, 0.2) is 0 Å². The molecule has 1 aromatic heterocycles. The van der Waals surface area contributed by atoms with Crippen LogP contribution in [0.15, 0.2) is 35.4 Å². The summed E-state index contributed by atoms with van der Waals surface area (Å²) in [5.74, 6) is 1.10. The minimum atomic E-state index is -3.67.